The molecule has 0 unspecified atom stereocenters. The van der Waals surface area contributed by atoms with Gasteiger partial charge in [0.15, 0.2) is 0 Å². The first kappa shape index (κ1) is 11.8. The summed E-state index contributed by atoms with van der Waals surface area (Å²) >= 11 is 0. The van der Waals surface area contributed by atoms with E-state index in [1.807, 2.05) is 0 Å². The molecule has 63 valence electrons. The maximum Gasteiger partial charge on any atom is 0.419 e. The molecule has 1 heterocycles. The van der Waals surface area contributed by atoms with Gasteiger partial charge in [-0.15, -0.1) is 6.20 Å². The summed E-state index contributed by atoms with van der Waals surface area (Å²) in [6, 6.07) is 0. The summed E-state index contributed by atoms with van der Waals surface area (Å²) in [5, 5.41) is 0. The fourth-order valence-electron chi connectivity index (χ4n) is 0.529. The first-order chi connectivity index (χ1) is 5.02. The van der Waals surface area contributed by atoms with Crippen molar-refractivity contribution in [2.75, 3.05) is 5.73 Å². The number of halogens is 3. The van der Waals surface area contributed by atoms with E-state index in [-0.39, 0.29) is 32.7 Å². The first-order valence-electron chi connectivity index (χ1n) is 2.57. The Morgan fingerprint density at radius 2 is 2.00 bits per heavy atom. The van der Waals surface area contributed by atoms with Crippen LogP contribution < -0.4 is 5.73 Å². The van der Waals surface area contributed by atoms with Crippen LogP contribution in [-0.4, -0.2) is 9.97 Å². The van der Waals surface area contributed by atoms with Crippen LogP contribution in [0.15, 0.2) is 6.20 Å². The molecule has 0 amide bonds. The van der Waals surface area contributed by atoms with E-state index in [1.54, 1.807) is 0 Å². The predicted octanol–water partition coefficient (Wildman–Crippen LogP) is 0.875. The topological polar surface area (TPSA) is 51.8 Å². The summed E-state index contributed by atoms with van der Waals surface area (Å²) in [6.07, 6.45) is -1.63. The third-order valence-corrected chi connectivity index (χ3v) is 0.948. The second-order valence-electron chi connectivity index (χ2n) is 1.73. The molecular formula is C5H3F3N3Y-. The molecule has 2 N–H and O–H groups in total. The summed E-state index contributed by atoms with van der Waals surface area (Å²) in [7, 11) is 0. The van der Waals surface area contributed by atoms with Gasteiger partial charge in [-0.25, -0.2) is 0 Å². The van der Waals surface area contributed by atoms with E-state index in [4.69, 9.17) is 5.73 Å². The van der Waals surface area contributed by atoms with Gasteiger partial charge in [0.1, 0.15) is 5.69 Å². The molecule has 0 saturated carbocycles. The molecule has 1 radical (unpaired) electrons. The Kier molecular flexibility index (Phi) is 4.06. The van der Waals surface area contributed by atoms with Crippen molar-refractivity contribution in [3.05, 3.63) is 18.1 Å². The number of aromatic nitrogens is 2. The van der Waals surface area contributed by atoms with Crippen molar-refractivity contribution in [2.24, 2.45) is 0 Å². The number of hydrogen-bond acceptors (Lipinski definition) is 3. The quantitative estimate of drug-likeness (QED) is 0.696. The van der Waals surface area contributed by atoms with Crippen LogP contribution in [0.2, 0.25) is 0 Å². The molecule has 7 heteroatoms. The van der Waals surface area contributed by atoms with Gasteiger partial charge < -0.3 is 10.7 Å². The zero-order chi connectivity index (χ0) is 8.48. The third-order valence-electron chi connectivity index (χ3n) is 0.948. The monoisotopic (exact) mass is 251 g/mol. The van der Waals surface area contributed by atoms with Crippen LogP contribution in [0, 0.1) is 6.20 Å². The number of rotatable bonds is 0. The van der Waals surface area contributed by atoms with Gasteiger partial charge in [0.05, 0.1) is 0 Å². The minimum atomic E-state index is -4.54. The Hall–Kier alpha value is -0.226. The molecule has 0 aliphatic rings. The van der Waals surface area contributed by atoms with Crippen molar-refractivity contribution < 1.29 is 45.9 Å². The summed E-state index contributed by atoms with van der Waals surface area (Å²) < 4.78 is 35.6. The summed E-state index contributed by atoms with van der Waals surface area (Å²) in [5.74, 6) is -0.653. The molecule has 1 rings (SSSR count). The zero-order valence-corrected chi connectivity index (χ0v) is 8.60. The molecule has 0 spiro atoms. The Bertz CT molecular complexity index is 262. The van der Waals surface area contributed by atoms with E-state index in [0.717, 1.165) is 6.20 Å². The Balaban J connectivity index is 0.00000121. The maximum absolute atomic E-state index is 11.9. The number of nitrogen functional groups attached to an aromatic ring is 1. The van der Waals surface area contributed by atoms with E-state index in [1.165, 1.54) is 0 Å². The van der Waals surface area contributed by atoms with Crippen molar-refractivity contribution in [1.29, 1.82) is 0 Å². The van der Waals surface area contributed by atoms with Gasteiger partial charge in [0.25, 0.3) is 0 Å². The Morgan fingerprint density at radius 1 is 1.42 bits per heavy atom. The van der Waals surface area contributed by atoms with Crippen molar-refractivity contribution in [1.82, 2.24) is 9.97 Å². The largest absolute Gasteiger partial charge is 0.459 e. The summed E-state index contributed by atoms with van der Waals surface area (Å²) in [4.78, 5) is 6.10. The smallest absolute Gasteiger partial charge is 0.419 e. The van der Waals surface area contributed by atoms with Gasteiger partial charge in [-0.05, 0) is 12.0 Å². The van der Waals surface area contributed by atoms with E-state index in [9.17, 15) is 13.2 Å². The van der Waals surface area contributed by atoms with Crippen LogP contribution in [0.3, 0.4) is 0 Å². The fourth-order valence-corrected chi connectivity index (χ4v) is 0.529. The van der Waals surface area contributed by atoms with Crippen LogP contribution in [0.4, 0.5) is 19.0 Å². The maximum atomic E-state index is 11.9. The van der Waals surface area contributed by atoms with Gasteiger partial charge in [-0.3, -0.25) is 4.98 Å². The number of anilines is 1. The fraction of sp³-hybridized carbons (Fsp3) is 0.200. The normalized spacial score (nSPS) is 10.6. The summed E-state index contributed by atoms with van der Waals surface area (Å²) in [5.41, 5.74) is 3.71. The van der Waals surface area contributed by atoms with Gasteiger partial charge in [-0.2, -0.15) is 13.2 Å². The molecule has 3 nitrogen and oxygen atoms in total. The van der Waals surface area contributed by atoms with Crippen LogP contribution in [0.5, 0.6) is 0 Å². The van der Waals surface area contributed by atoms with E-state index >= 15 is 0 Å². The second kappa shape index (κ2) is 4.14. The molecule has 0 bridgehead atoms. The zero-order valence-electron chi connectivity index (χ0n) is 5.76. The van der Waals surface area contributed by atoms with Crippen molar-refractivity contribution >= 4 is 5.82 Å². The van der Waals surface area contributed by atoms with Gasteiger partial charge in [0.2, 0.25) is 0 Å². The van der Waals surface area contributed by atoms with E-state index in [2.05, 4.69) is 16.2 Å². The number of nitrogens with two attached hydrogens (primary N) is 1. The molecule has 12 heavy (non-hydrogen) atoms. The number of alkyl halides is 3. The molecule has 0 fully saturated rings. The van der Waals surface area contributed by atoms with Crippen LogP contribution >= 0.6 is 0 Å². The van der Waals surface area contributed by atoms with Gasteiger partial charge >= 0.3 is 6.18 Å². The summed E-state index contributed by atoms with van der Waals surface area (Å²) in [6.45, 7) is 0. The third kappa shape index (κ3) is 2.67. The van der Waals surface area contributed by atoms with E-state index in [0.29, 0.717) is 0 Å². The molecule has 1 aromatic rings. The van der Waals surface area contributed by atoms with Gasteiger partial charge in [0, 0.05) is 32.7 Å². The Labute approximate surface area is 91.5 Å². The minimum Gasteiger partial charge on any atom is -0.459 e. The molecule has 0 aliphatic heterocycles. The first-order valence-corrected chi connectivity index (χ1v) is 2.57. The van der Waals surface area contributed by atoms with Crippen LogP contribution in [0.1, 0.15) is 5.69 Å². The van der Waals surface area contributed by atoms with E-state index < -0.39 is 17.7 Å². The second-order valence-corrected chi connectivity index (χ2v) is 1.73. The molecule has 0 aliphatic carbocycles. The van der Waals surface area contributed by atoms with Crippen LogP contribution in [0.25, 0.3) is 0 Å². The Morgan fingerprint density at radius 3 is 2.33 bits per heavy atom. The predicted molar refractivity (Wildman–Crippen MR) is 30.3 cm³/mol. The molecule has 0 saturated heterocycles. The number of nitrogens with zero attached hydrogens (tertiary/aromatic N) is 2. The molecular weight excluding hydrogens is 248 g/mol. The minimum absolute atomic E-state index is 0. The molecule has 0 atom stereocenters. The molecule has 0 aromatic carbocycles. The van der Waals surface area contributed by atoms with Crippen molar-refractivity contribution in [2.45, 2.75) is 6.18 Å². The number of hydrogen-bond donors (Lipinski definition) is 1. The standard InChI is InChI=1S/C5H3F3N3.Y/c6-5(7,8)3-4(9)11-2-1-10-3;/h1H,(H2,9,11);/q-1;. The van der Waals surface area contributed by atoms with Crippen molar-refractivity contribution in [3.8, 4) is 0 Å². The van der Waals surface area contributed by atoms with Gasteiger partial charge in [-0.1, -0.05) is 0 Å². The average Bonchev–Trinajstić information content (AvgIpc) is 1.86. The molecule has 1 aromatic heterocycles. The SMILES string of the molecule is Nc1n[c-]cnc1C(F)(F)F.[Y]. The van der Waals surface area contributed by atoms with Crippen molar-refractivity contribution in [3.63, 3.8) is 0 Å². The van der Waals surface area contributed by atoms with Crippen LogP contribution in [-0.2, 0) is 38.9 Å². The average molecular weight is 251 g/mol.